The van der Waals surface area contributed by atoms with Gasteiger partial charge >= 0.3 is 6.03 Å². The molecule has 2 aromatic carbocycles. The van der Waals surface area contributed by atoms with Gasteiger partial charge in [-0.05, 0) is 44.3 Å². The molecule has 0 fully saturated rings. The summed E-state index contributed by atoms with van der Waals surface area (Å²) in [5.41, 5.74) is 2.56. The number of anilines is 1. The van der Waals surface area contributed by atoms with E-state index in [0.29, 0.717) is 40.8 Å². The second kappa shape index (κ2) is 13.5. The molecule has 2 aromatic rings. The highest BCUT2D eigenvalue weighted by Crippen LogP contribution is 2.33. The summed E-state index contributed by atoms with van der Waals surface area (Å²) in [4.78, 5) is 30.9. The van der Waals surface area contributed by atoms with E-state index < -0.39 is 6.04 Å². The lowest BCUT2D eigenvalue weighted by Crippen LogP contribution is -2.44. The Bertz CT molecular complexity index is 1220. The first-order chi connectivity index (χ1) is 18.2. The van der Waals surface area contributed by atoms with Crippen LogP contribution in [0, 0.1) is 10.8 Å². The predicted molar refractivity (Wildman–Crippen MR) is 150 cm³/mol. The van der Waals surface area contributed by atoms with E-state index in [0.717, 1.165) is 5.56 Å². The SMILES string of the molecule is CNCCNC(=O)NCCNC(=O)C[C@@H]1N=C(c2ccc(Cl)cc2)c2cc(OC)ccc2N(C(C)=N)C1=N. The number of fused-ring (bicyclic) bond motifs is 1. The van der Waals surface area contributed by atoms with Crippen LogP contribution in [0.15, 0.2) is 47.5 Å². The molecule has 11 nitrogen and oxygen atoms in total. The molecule has 1 aliphatic heterocycles. The maximum absolute atomic E-state index is 12.8. The number of hydrogen-bond donors (Lipinski definition) is 6. The molecule has 0 unspecified atom stereocenters. The number of benzene rings is 2. The summed E-state index contributed by atoms with van der Waals surface area (Å²) in [7, 11) is 3.36. The minimum absolute atomic E-state index is 0.00469. The smallest absolute Gasteiger partial charge is 0.314 e. The molecule has 202 valence electrons. The number of nitrogens with one attached hydrogen (secondary N) is 6. The number of amides is 3. The van der Waals surface area contributed by atoms with Gasteiger partial charge in [-0.3, -0.25) is 25.5 Å². The van der Waals surface area contributed by atoms with Crippen molar-refractivity contribution < 1.29 is 14.3 Å². The van der Waals surface area contributed by atoms with Gasteiger partial charge in [-0.2, -0.15) is 0 Å². The number of likely N-dealkylation sites (N-methyl/N-ethyl adjacent to an activating group) is 1. The average Bonchev–Trinajstić information content (AvgIpc) is 3.01. The van der Waals surface area contributed by atoms with Crippen LogP contribution in [0.3, 0.4) is 0 Å². The summed E-state index contributed by atoms with van der Waals surface area (Å²) in [5, 5.41) is 28.9. The minimum atomic E-state index is -0.864. The van der Waals surface area contributed by atoms with E-state index in [1.807, 2.05) is 18.2 Å². The van der Waals surface area contributed by atoms with Gasteiger partial charge in [-0.25, -0.2) is 4.79 Å². The molecule has 0 spiro atoms. The fourth-order valence-corrected chi connectivity index (χ4v) is 4.05. The predicted octanol–water partition coefficient (Wildman–Crippen LogP) is 2.37. The number of ether oxygens (including phenoxy) is 1. The van der Waals surface area contributed by atoms with Crippen molar-refractivity contribution in [3.8, 4) is 5.75 Å². The molecule has 1 aliphatic rings. The van der Waals surface area contributed by atoms with E-state index in [1.54, 1.807) is 45.3 Å². The Labute approximate surface area is 227 Å². The zero-order valence-electron chi connectivity index (χ0n) is 21.7. The average molecular weight is 541 g/mol. The third kappa shape index (κ3) is 7.30. The standard InChI is InChI=1S/C26H33ClN8O3/c1-16(28)35-22-9-8-19(38-3)14-20(22)24(17-4-6-18(27)7-5-17)34-21(25(35)29)15-23(36)31-12-13-33-26(37)32-11-10-30-2/h4-9,14,21,28-30H,10-13,15H2,1-3H3,(H,31,36)(H2,32,33,37)/t21-/m0/s1. The van der Waals surface area contributed by atoms with Crippen LogP contribution in [0.25, 0.3) is 0 Å². The van der Waals surface area contributed by atoms with Crippen LogP contribution in [0.5, 0.6) is 5.75 Å². The van der Waals surface area contributed by atoms with E-state index in [1.165, 1.54) is 4.90 Å². The summed E-state index contributed by atoms with van der Waals surface area (Å²) in [5.74, 6) is 0.388. The van der Waals surface area contributed by atoms with Crippen LogP contribution < -0.4 is 30.9 Å². The quantitative estimate of drug-likeness (QED) is 0.155. The highest BCUT2D eigenvalue weighted by Gasteiger charge is 2.32. The van der Waals surface area contributed by atoms with Crippen molar-refractivity contribution in [1.82, 2.24) is 21.3 Å². The van der Waals surface area contributed by atoms with Crippen molar-refractivity contribution in [3.05, 3.63) is 58.6 Å². The number of amidine groups is 2. The number of hydrogen-bond acceptors (Lipinski definition) is 7. The number of rotatable bonds is 10. The molecule has 0 saturated heterocycles. The first-order valence-electron chi connectivity index (χ1n) is 12.1. The molecule has 0 radical (unpaired) electrons. The first-order valence-corrected chi connectivity index (χ1v) is 12.5. The van der Waals surface area contributed by atoms with Gasteiger partial charge in [0.15, 0.2) is 0 Å². The number of nitrogens with zero attached hydrogens (tertiary/aromatic N) is 2. The maximum atomic E-state index is 12.8. The first kappa shape index (κ1) is 28.6. The number of aliphatic imine (C=N–C) groups is 1. The summed E-state index contributed by atoms with van der Waals surface area (Å²) < 4.78 is 5.43. The van der Waals surface area contributed by atoms with Crippen molar-refractivity contribution in [1.29, 1.82) is 10.8 Å². The third-order valence-electron chi connectivity index (χ3n) is 5.77. The van der Waals surface area contributed by atoms with Crippen molar-refractivity contribution in [2.45, 2.75) is 19.4 Å². The van der Waals surface area contributed by atoms with Crippen molar-refractivity contribution >= 4 is 46.6 Å². The van der Waals surface area contributed by atoms with E-state index in [4.69, 9.17) is 32.1 Å². The zero-order valence-corrected chi connectivity index (χ0v) is 22.4. The molecule has 0 bridgehead atoms. The van der Waals surface area contributed by atoms with Gasteiger partial charge in [0.2, 0.25) is 5.91 Å². The summed E-state index contributed by atoms with van der Waals surface area (Å²) in [6.07, 6.45) is -0.112. The van der Waals surface area contributed by atoms with Crippen molar-refractivity contribution in [2.75, 3.05) is 45.2 Å². The van der Waals surface area contributed by atoms with Crippen LogP contribution >= 0.6 is 11.6 Å². The second-order valence-corrected chi connectivity index (χ2v) is 8.97. The Morgan fingerprint density at radius 2 is 1.71 bits per heavy atom. The molecular weight excluding hydrogens is 508 g/mol. The van der Waals surface area contributed by atoms with Crippen LogP contribution in [-0.2, 0) is 4.79 Å². The molecule has 1 heterocycles. The maximum Gasteiger partial charge on any atom is 0.314 e. The van der Waals surface area contributed by atoms with Gasteiger partial charge in [-0.1, -0.05) is 23.7 Å². The number of carbonyl (C=O) groups is 2. The number of urea groups is 1. The summed E-state index contributed by atoms with van der Waals surface area (Å²) in [6.45, 7) is 3.19. The third-order valence-corrected chi connectivity index (χ3v) is 6.02. The van der Waals surface area contributed by atoms with E-state index in [-0.39, 0.29) is 43.1 Å². The molecule has 3 amide bonds. The molecule has 0 aromatic heterocycles. The van der Waals surface area contributed by atoms with Gasteiger partial charge in [0.25, 0.3) is 0 Å². The van der Waals surface area contributed by atoms with Gasteiger partial charge in [-0.15, -0.1) is 0 Å². The second-order valence-electron chi connectivity index (χ2n) is 8.53. The van der Waals surface area contributed by atoms with Crippen LogP contribution in [-0.4, -0.2) is 75.7 Å². The molecule has 0 saturated carbocycles. The monoisotopic (exact) mass is 540 g/mol. The lowest BCUT2D eigenvalue weighted by molar-refractivity contribution is -0.121. The number of benzodiazepines with no additional fused rings is 1. The van der Waals surface area contributed by atoms with Crippen molar-refractivity contribution in [2.24, 2.45) is 4.99 Å². The number of carbonyl (C=O) groups excluding carboxylic acids is 2. The Morgan fingerprint density at radius 1 is 1.05 bits per heavy atom. The number of halogens is 1. The Morgan fingerprint density at radius 3 is 2.34 bits per heavy atom. The van der Waals surface area contributed by atoms with Gasteiger partial charge < -0.3 is 26.0 Å². The van der Waals surface area contributed by atoms with Gasteiger partial charge in [0.1, 0.15) is 23.5 Å². The van der Waals surface area contributed by atoms with Crippen LogP contribution in [0.4, 0.5) is 10.5 Å². The van der Waals surface area contributed by atoms with E-state index >= 15 is 0 Å². The number of methoxy groups -OCH3 is 1. The lowest BCUT2D eigenvalue weighted by Gasteiger charge is -2.26. The molecule has 38 heavy (non-hydrogen) atoms. The topological polar surface area (TPSA) is 155 Å². The normalized spacial score (nSPS) is 14.6. The highest BCUT2D eigenvalue weighted by atomic mass is 35.5. The minimum Gasteiger partial charge on any atom is -0.497 e. The van der Waals surface area contributed by atoms with Crippen LogP contribution in [0.1, 0.15) is 24.5 Å². The molecule has 6 N–H and O–H groups in total. The highest BCUT2D eigenvalue weighted by molar-refractivity contribution is 6.31. The van der Waals surface area contributed by atoms with Crippen molar-refractivity contribution in [3.63, 3.8) is 0 Å². The molecular formula is C26H33ClN8O3. The van der Waals surface area contributed by atoms with E-state index in [9.17, 15) is 9.59 Å². The fourth-order valence-electron chi connectivity index (χ4n) is 3.92. The molecule has 3 rings (SSSR count). The summed E-state index contributed by atoms with van der Waals surface area (Å²) in [6, 6.07) is 11.3. The Balaban J connectivity index is 1.84. The fraction of sp³-hybridized carbons (Fsp3) is 0.346. The van der Waals surface area contributed by atoms with Gasteiger partial charge in [0.05, 0.1) is 24.9 Å². The zero-order chi connectivity index (χ0) is 27.7. The van der Waals surface area contributed by atoms with Crippen LogP contribution in [0.2, 0.25) is 5.02 Å². The summed E-state index contributed by atoms with van der Waals surface area (Å²) >= 11 is 6.11. The lowest BCUT2D eigenvalue weighted by atomic mass is 9.99. The molecule has 12 heteroatoms. The van der Waals surface area contributed by atoms with Gasteiger partial charge in [0, 0.05) is 42.3 Å². The Kier molecular flexibility index (Phi) is 10.2. The Hall–Kier alpha value is -3.96. The van der Waals surface area contributed by atoms with E-state index in [2.05, 4.69) is 21.3 Å². The molecule has 1 atom stereocenters. The largest absolute Gasteiger partial charge is 0.497 e. The molecule has 0 aliphatic carbocycles.